The van der Waals surface area contributed by atoms with Crippen LogP contribution in [0.5, 0.6) is 0 Å². The highest BCUT2D eigenvalue weighted by molar-refractivity contribution is 5.91. The van der Waals surface area contributed by atoms with E-state index in [1.165, 1.54) is 18.4 Å². The summed E-state index contributed by atoms with van der Waals surface area (Å²) in [4.78, 5) is 14.3. The molecule has 1 aromatic rings. The van der Waals surface area contributed by atoms with Gasteiger partial charge in [0.15, 0.2) is 0 Å². The lowest BCUT2D eigenvalue weighted by molar-refractivity contribution is -0.116. The van der Waals surface area contributed by atoms with Crippen LogP contribution >= 0.6 is 0 Å². The Morgan fingerprint density at radius 1 is 1.20 bits per heavy atom. The maximum atomic E-state index is 11.9. The minimum atomic E-state index is 0.0346. The third-order valence-corrected chi connectivity index (χ3v) is 3.70. The Kier molecular flexibility index (Phi) is 6.02. The summed E-state index contributed by atoms with van der Waals surface area (Å²) in [5.74, 6) is 0.0346. The number of carbonyl (C=O) groups is 1. The van der Waals surface area contributed by atoms with Gasteiger partial charge in [-0.1, -0.05) is 18.2 Å². The van der Waals surface area contributed by atoms with Gasteiger partial charge in [0.2, 0.25) is 5.91 Å². The summed E-state index contributed by atoms with van der Waals surface area (Å²) in [6, 6.07) is 8.03. The molecule has 0 atom stereocenters. The zero-order chi connectivity index (χ0) is 14.2. The van der Waals surface area contributed by atoms with E-state index >= 15 is 0 Å². The third-order valence-electron chi connectivity index (χ3n) is 3.70. The summed E-state index contributed by atoms with van der Waals surface area (Å²) in [6.07, 6.45) is 4.43. The fourth-order valence-corrected chi connectivity index (χ4v) is 2.57. The number of aliphatic hydroxyl groups excluding tert-OH is 1. The average molecular weight is 276 g/mol. The summed E-state index contributed by atoms with van der Waals surface area (Å²) in [6.45, 7) is 3.36. The van der Waals surface area contributed by atoms with E-state index in [9.17, 15) is 4.79 Å². The minimum absolute atomic E-state index is 0.0346. The van der Waals surface area contributed by atoms with Crippen molar-refractivity contribution in [3.63, 3.8) is 0 Å². The summed E-state index contributed by atoms with van der Waals surface area (Å²) in [7, 11) is 0. The van der Waals surface area contributed by atoms with Gasteiger partial charge < -0.3 is 10.4 Å². The second kappa shape index (κ2) is 8.02. The number of benzene rings is 1. The second-order valence-electron chi connectivity index (χ2n) is 5.37. The molecule has 110 valence electrons. The first-order valence-corrected chi connectivity index (χ1v) is 7.50. The number of nitrogens with one attached hydrogen (secondary N) is 1. The van der Waals surface area contributed by atoms with Gasteiger partial charge in [-0.15, -0.1) is 0 Å². The molecule has 1 heterocycles. The van der Waals surface area contributed by atoms with E-state index < -0.39 is 0 Å². The number of likely N-dealkylation sites (tertiary alicyclic amines) is 1. The number of para-hydroxylation sites is 1. The van der Waals surface area contributed by atoms with Crippen molar-refractivity contribution in [2.45, 2.75) is 38.6 Å². The van der Waals surface area contributed by atoms with E-state index in [-0.39, 0.29) is 12.5 Å². The third kappa shape index (κ3) is 4.62. The maximum Gasteiger partial charge on any atom is 0.224 e. The minimum Gasteiger partial charge on any atom is -0.396 e. The summed E-state index contributed by atoms with van der Waals surface area (Å²) in [5.41, 5.74) is 2.11. The first-order chi connectivity index (χ1) is 9.79. The van der Waals surface area contributed by atoms with Gasteiger partial charge in [0.05, 0.1) is 0 Å². The molecule has 0 saturated carbocycles. The lowest BCUT2D eigenvalue weighted by Gasteiger charge is -2.17. The van der Waals surface area contributed by atoms with Crippen molar-refractivity contribution in [1.82, 2.24) is 4.90 Å². The van der Waals surface area contributed by atoms with E-state index in [1.54, 1.807) is 0 Å². The van der Waals surface area contributed by atoms with E-state index in [2.05, 4.69) is 16.3 Å². The summed E-state index contributed by atoms with van der Waals surface area (Å²) >= 11 is 0. The van der Waals surface area contributed by atoms with Gasteiger partial charge in [-0.05, 0) is 50.4 Å². The molecule has 1 aliphatic heterocycles. The van der Waals surface area contributed by atoms with Crippen molar-refractivity contribution in [3.8, 4) is 0 Å². The molecule has 0 radical (unpaired) electrons. The summed E-state index contributed by atoms with van der Waals surface area (Å²) in [5, 5.41) is 11.7. The Morgan fingerprint density at radius 3 is 2.70 bits per heavy atom. The molecule has 1 amide bonds. The van der Waals surface area contributed by atoms with Crippen molar-refractivity contribution in [2.75, 3.05) is 25.0 Å². The maximum absolute atomic E-state index is 11.9. The molecule has 0 aliphatic carbocycles. The first-order valence-electron chi connectivity index (χ1n) is 7.50. The molecular formula is C16H24N2O2. The average Bonchev–Trinajstić information content (AvgIpc) is 2.94. The second-order valence-corrected chi connectivity index (χ2v) is 5.37. The first kappa shape index (κ1) is 15.0. The highest BCUT2D eigenvalue weighted by Gasteiger charge is 2.14. The van der Waals surface area contributed by atoms with Gasteiger partial charge in [0.25, 0.3) is 0 Å². The molecule has 4 nitrogen and oxygen atoms in total. The van der Waals surface area contributed by atoms with Crippen LogP contribution in [0.1, 0.15) is 37.7 Å². The molecule has 2 N–H and O–H groups in total. The zero-order valence-electron chi connectivity index (χ0n) is 12.0. The Labute approximate surface area is 120 Å². The van der Waals surface area contributed by atoms with Gasteiger partial charge in [0.1, 0.15) is 0 Å². The molecule has 0 bridgehead atoms. The number of aliphatic hydroxyl groups is 1. The smallest absolute Gasteiger partial charge is 0.224 e. The highest BCUT2D eigenvalue weighted by Crippen LogP contribution is 2.20. The molecular weight excluding hydrogens is 252 g/mol. The summed E-state index contributed by atoms with van der Waals surface area (Å²) < 4.78 is 0. The van der Waals surface area contributed by atoms with Crippen molar-refractivity contribution in [3.05, 3.63) is 29.8 Å². The molecule has 2 rings (SSSR count). The number of nitrogens with zero attached hydrogens (tertiary/aromatic N) is 1. The lowest BCUT2D eigenvalue weighted by Crippen LogP contribution is -2.20. The van der Waals surface area contributed by atoms with Crippen LogP contribution in [0.25, 0.3) is 0 Å². The van der Waals surface area contributed by atoms with Crippen molar-refractivity contribution < 1.29 is 9.90 Å². The molecule has 1 aromatic carbocycles. The van der Waals surface area contributed by atoms with E-state index in [1.807, 2.05) is 18.2 Å². The molecule has 4 heteroatoms. The van der Waals surface area contributed by atoms with E-state index in [4.69, 9.17) is 5.11 Å². The van der Waals surface area contributed by atoms with Gasteiger partial charge in [-0.2, -0.15) is 0 Å². The Bertz CT molecular complexity index is 428. The van der Waals surface area contributed by atoms with Crippen LogP contribution in [0.15, 0.2) is 24.3 Å². The Morgan fingerprint density at radius 2 is 1.95 bits per heavy atom. The monoisotopic (exact) mass is 276 g/mol. The largest absolute Gasteiger partial charge is 0.396 e. The topological polar surface area (TPSA) is 52.6 Å². The van der Waals surface area contributed by atoms with Crippen LogP contribution in [0, 0.1) is 0 Å². The number of hydrogen-bond acceptors (Lipinski definition) is 3. The van der Waals surface area contributed by atoms with Crippen LogP contribution in [0.2, 0.25) is 0 Å². The van der Waals surface area contributed by atoms with Crippen LogP contribution in [0.4, 0.5) is 5.69 Å². The van der Waals surface area contributed by atoms with E-state index in [0.29, 0.717) is 12.8 Å². The quantitative estimate of drug-likeness (QED) is 0.752. The lowest BCUT2D eigenvalue weighted by atomic mass is 10.1. The Hall–Kier alpha value is -1.39. The molecule has 20 heavy (non-hydrogen) atoms. The van der Waals surface area contributed by atoms with Crippen LogP contribution in [-0.4, -0.2) is 35.6 Å². The number of rotatable bonds is 7. The van der Waals surface area contributed by atoms with Crippen LogP contribution in [-0.2, 0) is 11.3 Å². The number of amides is 1. The molecule has 0 unspecified atom stereocenters. The van der Waals surface area contributed by atoms with Gasteiger partial charge in [-0.25, -0.2) is 0 Å². The predicted molar refractivity (Wildman–Crippen MR) is 80.5 cm³/mol. The predicted octanol–water partition coefficient (Wildman–Crippen LogP) is 2.38. The van der Waals surface area contributed by atoms with Crippen LogP contribution < -0.4 is 5.32 Å². The SMILES string of the molecule is O=C(CCCCO)Nc1ccccc1CN1CCCC1. The molecule has 0 spiro atoms. The molecule has 1 fully saturated rings. The van der Waals surface area contributed by atoms with Crippen LogP contribution in [0.3, 0.4) is 0 Å². The highest BCUT2D eigenvalue weighted by atomic mass is 16.3. The number of carbonyl (C=O) groups excluding carboxylic acids is 1. The molecule has 0 aromatic heterocycles. The van der Waals surface area contributed by atoms with Crippen molar-refractivity contribution in [1.29, 1.82) is 0 Å². The number of hydrogen-bond donors (Lipinski definition) is 2. The van der Waals surface area contributed by atoms with Crippen molar-refractivity contribution in [2.24, 2.45) is 0 Å². The normalized spacial score (nSPS) is 15.4. The standard InChI is InChI=1S/C16H24N2O2/c19-12-6-3-9-16(20)17-15-8-2-1-7-14(15)13-18-10-4-5-11-18/h1-2,7-8,19H,3-6,9-13H2,(H,17,20). The fraction of sp³-hybridized carbons (Fsp3) is 0.562. The zero-order valence-corrected chi connectivity index (χ0v) is 12.0. The van der Waals surface area contributed by atoms with Gasteiger partial charge in [0, 0.05) is 25.3 Å². The fourth-order valence-electron chi connectivity index (χ4n) is 2.57. The molecule has 1 saturated heterocycles. The number of anilines is 1. The number of unbranched alkanes of at least 4 members (excludes halogenated alkanes) is 1. The Balaban J connectivity index is 1.91. The van der Waals surface area contributed by atoms with E-state index in [0.717, 1.165) is 31.7 Å². The van der Waals surface area contributed by atoms with Crippen molar-refractivity contribution >= 4 is 11.6 Å². The molecule has 1 aliphatic rings. The van der Waals surface area contributed by atoms with Gasteiger partial charge in [-0.3, -0.25) is 9.69 Å². The van der Waals surface area contributed by atoms with Gasteiger partial charge >= 0.3 is 0 Å².